The number of carbonyl (C=O) groups is 1. The van der Waals surface area contributed by atoms with Crippen LogP contribution in [0.5, 0.6) is 0 Å². The van der Waals surface area contributed by atoms with Gasteiger partial charge in [-0.3, -0.25) is 4.79 Å². The molecule has 2 heterocycles. The van der Waals surface area contributed by atoms with Gasteiger partial charge in [0, 0.05) is 34.5 Å². The number of halogens is 4. The van der Waals surface area contributed by atoms with Crippen molar-refractivity contribution >= 4 is 34.7 Å². The Bertz CT molecular complexity index is 1220. The first-order chi connectivity index (χ1) is 15.1. The smallest absolute Gasteiger partial charge is 0.378 e. The van der Waals surface area contributed by atoms with Gasteiger partial charge in [0.1, 0.15) is 0 Å². The fraction of sp³-hybridized carbons (Fsp3) is 0.174. The molecule has 3 aromatic rings. The van der Waals surface area contributed by atoms with Crippen molar-refractivity contribution in [2.45, 2.75) is 25.6 Å². The second-order valence-electron chi connectivity index (χ2n) is 7.44. The molecule has 0 saturated heterocycles. The molecular formula is C23H17ClF3N3O2. The highest BCUT2D eigenvalue weighted by atomic mass is 35.5. The third-order valence-electron chi connectivity index (χ3n) is 5.03. The number of nitrogens with one attached hydrogen (secondary N) is 1. The Hall–Kier alpha value is -3.23. The number of carbonyl (C=O) groups excluding carboxylic acids is 1. The molecule has 4 rings (SSSR count). The van der Waals surface area contributed by atoms with Crippen LogP contribution in [0.1, 0.15) is 33.9 Å². The zero-order valence-corrected chi connectivity index (χ0v) is 17.5. The molecular weight excluding hydrogens is 443 g/mol. The van der Waals surface area contributed by atoms with Gasteiger partial charge in [-0.1, -0.05) is 29.8 Å². The number of nitrogens with zero attached hydrogens (tertiary/aromatic N) is 2. The van der Waals surface area contributed by atoms with Gasteiger partial charge in [0.05, 0.1) is 11.3 Å². The van der Waals surface area contributed by atoms with E-state index in [-0.39, 0.29) is 5.56 Å². The van der Waals surface area contributed by atoms with Gasteiger partial charge in [0.15, 0.2) is 11.9 Å². The summed E-state index contributed by atoms with van der Waals surface area (Å²) in [5.74, 6) is -0.166. The third-order valence-corrected chi connectivity index (χ3v) is 5.35. The van der Waals surface area contributed by atoms with E-state index in [4.69, 9.17) is 11.6 Å². The number of hydrogen-bond donors (Lipinski definition) is 2. The van der Waals surface area contributed by atoms with E-state index in [1.807, 2.05) is 13.0 Å². The molecule has 1 aliphatic heterocycles. The Morgan fingerprint density at radius 1 is 1.16 bits per heavy atom. The Kier molecular flexibility index (Phi) is 5.75. The summed E-state index contributed by atoms with van der Waals surface area (Å²) >= 11 is 6.34. The fourth-order valence-corrected chi connectivity index (χ4v) is 3.62. The maximum Gasteiger partial charge on any atom is 0.416 e. The first-order valence-corrected chi connectivity index (χ1v) is 9.99. The van der Waals surface area contributed by atoms with Crippen molar-refractivity contribution in [2.75, 3.05) is 5.32 Å². The molecule has 164 valence electrons. The van der Waals surface area contributed by atoms with Crippen LogP contribution in [0.3, 0.4) is 0 Å². The minimum absolute atomic E-state index is 0.0433. The predicted molar refractivity (Wildman–Crippen MR) is 115 cm³/mol. The number of anilines is 1. The minimum Gasteiger partial charge on any atom is -0.378 e. The quantitative estimate of drug-likeness (QED) is 0.547. The number of alkyl halides is 3. The third kappa shape index (κ3) is 4.51. The van der Waals surface area contributed by atoms with Crippen LogP contribution in [0.25, 0.3) is 0 Å². The van der Waals surface area contributed by atoms with Gasteiger partial charge in [-0.05, 0) is 48.4 Å². The summed E-state index contributed by atoms with van der Waals surface area (Å²) in [6.07, 6.45) is -3.87. The van der Waals surface area contributed by atoms with Crippen molar-refractivity contribution in [3.8, 4) is 0 Å². The van der Waals surface area contributed by atoms with Crippen LogP contribution >= 0.6 is 11.6 Å². The number of aryl methyl sites for hydroxylation is 1. The zero-order valence-electron chi connectivity index (χ0n) is 16.7. The number of benzene rings is 2. The molecule has 0 radical (unpaired) electrons. The lowest BCUT2D eigenvalue weighted by Gasteiger charge is -2.14. The minimum atomic E-state index is -4.50. The monoisotopic (exact) mass is 459 g/mol. The van der Waals surface area contributed by atoms with E-state index in [1.54, 1.807) is 24.4 Å². The summed E-state index contributed by atoms with van der Waals surface area (Å²) in [6, 6.07) is 10.6. The largest absolute Gasteiger partial charge is 0.416 e. The number of aliphatic hydroxyl groups excluding tert-OH is 1. The molecule has 0 aliphatic carbocycles. The average molecular weight is 460 g/mol. The highest BCUT2D eigenvalue weighted by Gasteiger charge is 2.30. The number of rotatable bonds is 4. The highest BCUT2D eigenvalue weighted by molar-refractivity contribution is 6.34. The summed E-state index contributed by atoms with van der Waals surface area (Å²) in [7, 11) is 0. The molecule has 0 bridgehead atoms. The van der Waals surface area contributed by atoms with Gasteiger partial charge in [-0.25, -0.2) is 9.98 Å². The van der Waals surface area contributed by atoms with Gasteiger partial charge in [0.2, 0.25) is 0 Å². The van der Waals surface area contributed by atoms with Gasteiger partial charge < -0.3 is 10.4 Å². The van der Waals surface area contributed by atoms with Crippen LogP contribution in [0.2, 0.25) is 5.02 Å². The lowest BCUT2D eigenvalue weighted by Crippen LogP contribution is -2.21. The van der Waals surface area contributed by atoms with Crippen molar-refractivity contribution in [3.63, 3.8) is 0 Å². The lowest BCUT2D eigenvalue weighted by molar-refractivity contribution is -0.137. The standard InChI is InChI=1S/C23H17ClF3N3O2/c1-12-8-14-9-19(30-21(14)28-11-12)17-10-16(6-7-18(17)24)29-22(32)20(31)13-2-4-15(5-3-13)23(25,26)27/h2-8,10-11,20,31H,9H2,1H3,(H,29,32). The van der Waals surface area contributed by atoms with Crippen LogP contribution < -0.4 is 5.32 Å². The summed E-state index contributed by atoms with van der Waals surface area (Å²) in [6.45, 7) is 1.94. The Labute approximate surface area is 186 Å². The molecule has 2 aromatic carbocycles. The van der Waals surface area contributed by atoms with Crippen molar-refractivity contribution in [1.29, 1.82) is 0 Å². The molecule has 32 heavy (non-hydrogen) atoms. The molecule has 0 fully saturated rings. The fourth-order valence-electron chi connectivity index (χ4n) is 3.40. The number of aliphatic hydroxyl groups is 1. The van der Waals surface area contributed by atoms with Crippen molar-refractivity contribution in [1.82, 2.24) is 4.98 Å². The first kappa shape index (κ1) is 22.0. The highest BCUT2D eigenvalue weighted by Crippen LogP contribution is 2.32. The topological polar surface area (TPSA) is 74.6 Å². The number of fused-ring (bicyclic) bond motifs is 1. The van der Waals surface area contributed by atoms with Gasteiger partial charge >= 0.3 is 6.18 Å². The Balaban J connectivity index is 1.51. The maximum atomic E-state index is 12.7. The van der Waals surface area contributed by atoms with E-state index in [1.165, 1.54) is 0 Å². The van der Waals surface area contributed by atoms with Gasteiger partial charge in [-0.15, -0.1) is 0 Å². The van der Waals surface area contributed by atoms with E-state index in [9.17, 15) is 23.1 Å². The molecule has 0 spiro atoms. The van der Waals surface area contributed by atoms with Gasteiger partial charge in [0.25, 0.3) is 5.91 Å². The number of pyridine rings is 1. The molecule has 2 N–H and O–H groups in total. The molecule has 9 heteroatoms. The molecule has 1 aliphatic rings. The van der Waals surface area contributed by atoms with Crippen LogP contribution in [0.4, 0.5) is 24.7 Å². The number of aromatic nitrogens is 1. The van der Waals surface area contributed by atoms with Crippen molar-refractivity contribution < 1.29 is 23.1 Å². The van der Waals surface area contributed by atoms with Crippen LogP contribution in [0.15, 0.2) is 59.7 Å². The summed E-state index contributed by atoms with van der Waals surface area (Å²) in [5.41, 5.74) is 2.85. The van der Waals surface area contributed by atoms with Crippen LogP contribution in [-0.2, 0) is 17.4 Å². The second kappa shape index (κ2) is 8.37. The summed E-state index contributed by atoms with van der Waals surface area (Å²) in [5, 5.41) is 13.3. The summed E-state index contributed by atoms with van der Waals surface area (Å²) < 4.78 is 38.1. The number of hydrogen-bond acceptors (Lipinski definition) is 4. The number of aliphatic imine (C=N–C) groups is 1. The van der Waals surface area contributed by atoms with Crippen molar-refractivity contribution in [3.05, 3.63) is 87.6 Å². The summed E-state index contributed by atoms with van der Waals surface area (Å²) in [4.78, 5) is 21.3. The van der Waals surface area contributed by atoms with Crippen LogP contribution in [0, 0.1) is 6.92 Å². The van der Waals surface area contributed by atoms with Gasteiger partial charge in [-0.2, -0.15) is 13.2 Å². The maximum absolute atomic E-state index is 12.7. The Morgan fingerprint density at radius 3 is 2.56 bits per heavy atom. The molecule has 1 unspecified atom stereocenters. The molecule has 5 nitrogen and oxygen atoms in total. The normalized spacial score (nSPS) is 14.0. The van der Waals surface area contributed by atoms with E-state index in [0.29, 0.717) is 34.2 Å². The molecule has 1 atom stereocenters. The number of amides is 1. The lowest BCUT2D eigenvalue weighted by atomic mass is 10.0. The van der Waals surface area contributed by atoms with E-state index < -0.39 is 23.8 Å². The van der Waals surface area contributed by atoms with E-state index in [2.05, 4.69) is 15.3 Å². The second-order valence-corrected chi connectivity index (χ2v) is 7.84. The van der Waals surface area contributed by atoms with Crippen molar-refractivity contribution in [2.24, 2.45) is 4.99 Å². The molecule has 1 amide bonds. The average Bonchev–Trinajstić information content (AvgIpc) is 3.17. The first-order valence-electron chi connectivity index (χ1n) is 9.61. The predicted octanol–water partition coefficient (Wildman–Crippen LogP) is 5.41. The zero-order chi connectivity index (χ0) is 23.0. The van der Waals surface area contributed by atoms with E-state index >= 15 is 0 Å². The van der Waals surface area contributed by atoms with Crippen LogP contribution in [-0.4, -0.2) is 21.7 Å². The SMILES string of the molecule is Cc1cnc2c(c1)CC(c1cc(NC(=O)C(O)c3ccc(C(F)(F)F)cc3)ccc1Cl)=N2. The molecule has 1 aromatic heterocycles. The Morgan fingerprint density at radius 2 is 1.88 bits per heavy atom. The van der Waals surface area contributed by atoms with E-state index in [0.717, 1.165) is 35.4 Å². The molecule has 0 saturated carbocycles.